The Labute approximate surface area is 85.7 Å². The number of hydrogen-bond donors (Lipinski definition) is 2. The van der Waals surface area contributed by atoms with E-state index in [2.05, 4.69) is 25.4 Å². The second kappa shape index (κ2) is 4.08. The van der Waals surface area contributed by atoms with Crippen molar-refractivity contribution in [2.24, 2.45) is 0 Å². The van der Waals surface area contributed by atoms with Crippen LogP contribution in [0.25, 0.3) is 0 Å². The van der Waals surface area contributed by atoms with E-state index in [-0.39, 0.29) is 0 Å². The lowest BCUT2D eigenvalue weighted by Crippen LogP contribution is -2.26. The van der Waals surface area contributed by atoms with E-state index in [1.165, 1.54) is 7.05 Å². The molecule has 0 fully saturated rings. The summed E-state index contributed by atoms with van der Waals surface area (Å²) in [6, 6.07) is 6.85. The molecule has 0 saturated heterocycles. The number of nitrogens with one attached hydrogen (secondary N) is 2. The molecule has 0 bridgehead atoms. The maximum Gasteiger partial charge on any atom is 0.298 e. The third-order valence-corrected chi connectivity index (χ3v) is 2.94. The summed E-state index contributed by atoms with van der Waals surface area (Å²) in [5.74, 6) is 0. The van der Waals surface area contributed by atoms with E-state index in [0.29, 0.717) is 5.69 Å². The van der Waals surface area contributed by atoms with E-state index < -0.39 is 10.2 Å². The molecule has 0 radical (unpaired) electrons. The molecule has 0 unspecified atom stereocenters. The van der Waals surface area contributed by atoms with E-state index in [9.17, 15) is 8.42 Å². The molecule has 0 atom stereocenters. The quantitative estimate of drug-likeness (QED) is 0.866. The van der Waals surface area contributed by atoms with Crippen LogP contribution in [0.5, 0.6) is 0 Å². The van der Waals surface area contributed by atoms with Crippen LogP contribution in [0.1, 0.15) is 0 Å². The van der Waals surface area contributed by atoms with Crippen LogP contribution in [0.4, 0.5) is 5.69 Å². The number of benzene rings is 1. The fourth-order valence-electron chi connectivity index (χ4n) is 0.724. The lowest BCUT2D eigenvalue weighted by atomic mass is 10.3. The largest absolute Gasteiger partial charge is 0.298 e. The smallest absolute Gasteiger partial charge is 0.271 e. The Morgan fingerprint density at radius 3 is 2.23 bits per heavy atom. The van der Waals surface area contributed by atoms with Gasteiger partial charge in [-0.25, -0.2) is 4.72 Å². The van der Waals surface area contributed by atoms with E-state index in [1.807, 2.05) is 0 Å². The first kappa shape index (κ1) is 10.5. The highest BCUT2D eigenvalue weighted by molar-refractivity contribution is 9.10. The van der Waals surface area contributed by atoms with Crippen LogP contribution in [0.2, 0.25) is 0 Å². The van der Waals surface area contributed by atoms with Gasteiger partial charge in [0, 0.05) is 17.2 Å². The second-order valence-corrected chi connectivity index (χ2v) is 4.85. The Kier molecular flexibility index (Phi) is 3.29. The summed E-state index contributed by atoms with van der Waals surface area (Å²) >= 11 is 3.25. The zero-order valence-corrected chi connectivity index (χ0v) is 9.31. The van der Waals surface area contributed by atoms with Crippen molar-refractivity contribution in [3.8, 4) is 0 Å². The average Bonchev–Trinajstić information content (AvgIpc) is 2.09. The summed E-state index contributed by atoms with van der Waals surface area (Å²) in [6.07, 6.45) is 0. The SMILES string of the molecule is CNS(=O)(=O)Nc1ccc(Br)cc1. The van der Waals surface area contributed by atoms with Crippen molar-refractivity contribution in [2.45, 2.75) is 0 Å². The van der Waals surface area contributed by atoms with Crippen LogP contribution in [0, 0.1) is 0 Å². The van der Waals surface area contributed by atoms with Crippen molar-refractivity contribution in [1.29, 1.82) is 0 Å². The summed E-state index contributed by atoms with van der Waals surface area (Å²) in [6.45, 7) is 0. The number of anilines is 1. The van der Waals surface area contributed by atoms with Crippen molar-refractivity contribution in [3.63, 3.8) is 0 Å². The Bertz CT molecular complexity index is 374. The van der Waals surface area contributed by atoms with Gasteiger partial charge in [-0.2, -0.15) is 8.42 Å². The molecule has 0 heterocycles. The average molecular weight is 265 g/mol. The Balaban J connectivity index is 2.82. The maximum atomic E-state index is 11.0. The van der Waals surface area contributed by atoms with Crippen molar-refractivity contribution in [3.05, 3.63) is 28.7 Å². The first-order chi connectivity index (χ1) is 6.03. The zero-order valence-electron chi connectivity index (χ0n) is 6.91. The second-order valence-electron chi connectivity index (χ2n) is 2.32. The molecule has 0 spiro atoms. The van der Waals surface area contributed by atoms with Gasteiger partial charge in [-0.15, -0.1) is 0 Å². The highest BCUT2D eigenvalue weighted by atomic mass is 79.9. The van der Waals surface area contributed by atoms with Gasteiger partial charge >= 0.3 is 0 Å². The summed E-state index contributed by atoms with van der Waals surface area (Å²) in [7, 11) is -2.05. The van der Waals surface area contributed by atoms with E-state index in [0.717, 1.165) is 4.47 Å². The summed E-state index contributed by atoms with van der Waals surface area (Å²) in [5, 5.41) is 0. The van der Waals surface area contributed by atoms with Crippen molar-refractivity contribution in [2.75, 3.05) is 11.8 Å². The predicted octanol–water partition coefficient (Wildman–Crippen LogP) is 1.33. The summed E-state index contributed by atoms with van der Waals surface area (Å²) < 4.78 is 27.4. The maximum absolute atomic E-state index is 11.0. The first-order valence-electron chi connectivity index (χ1n) is 3.50. The molecule has 0 aliphatic heterocycles. The Hall–Kier alpha value is -0.590. The third kappa shape index (κ3) is 3.33. The molecular weight excluding hydrogens is 256 g/mol. The molecule has 0 amide bonds. The van der Waals surface area contributed by atoms with Gasteiger partial charge in [-0.1, -0.05) is 15.9 Å². The molecule has 4 nitrogen and oxygen atoms in total. The van der Waals surface area contributed by atoms with E-state index in [1.54, 1.807) is 24.3 Å². The van der Waals surface area contributed by atoms with Gasteiger partial charge in [-0.05, 0) is 24.3 Å². The van der Waals surface area contributed by atoms with Gasteiger partial charge in [0.1, 0.15) is 0 Å². The van der Waals surface area contributed by atoms with Crippen LogP contribution >= 0.6 is 15.9 Å². The first-order valence-corrected chi connectivity index (χ1v) is 5.78. The van der Waals surface area contributed by atoms with Gasteiger partial charge in [0.05, 0.1) is 0 Å². The van der Waals surface area contributed by atoms with Crippen LogP contribution in [0.3, 0.4) is 0 Å². The Morgan fingerprint density at radius 1 is 1.23 bits per heavy atom. The van der Waals surface area contributed by atoms with Crippen LogP contribution in [0.15, 0.2) is 28.7 Å². The lowest BCUT2D eigenvalue weighted by molar-refractivity contribution is 0.593. The van der Waals surface area contributed by atoms with E-state index in [4.69, 9.17) is 0 Å². The topological polar surface area (TPSA) is 58.2 Å². The molecule has 6 heteroatoms. The van der Waals surface area contributed by atoms with Gasteiger partial charge in [-0.3, -0.25) is 4.72 Å². The van der Waals surface area contributed by atoms with Gasteiger partial charge in [0.2, 0.25) is 0 Å². The van der Waals surface area contributed by atoms with Crippen LogP contribution in [-0.2, 0) is 10.2 Å². The van der Waals surface area contributed by atoms with Crippen LogP contribution < -0.4 is 9.44 Å². The molecule has 1 rings (SSSR count). The zero-order chi connectivity index (χ0) is 9.90. The van der Waals surface area contributed by atoms with Gasteiger partial charge in [0.25, 0.3) is 10.2 Å². The molecular formula is C7H9BrN2O2S. The number of halogens is 1. The van der Waals surface area contributed by atoms with Crippen molar-refractivity contribution < 1.29 is 8.42 Å². The molecule has 0 aliphatic carbocycles. The minimum absolute atomic E-state index is 0.526. The highest BCUT2D eigenvalue weighted by Crippen LogP contribution is 2.14. The summed E-state index contributed by atoms with van der Waals surface area (Å²) in [4.78, 5) is 0. The third-order valence-electron chi connectivity index (χ3n) is 1.37. The lowest BCUT2D eigenvalue weighted by Gasteiger charge is -2.05. The summed E-state index contributed by atoms with van der Waals surface area (Å²) in [5.41, 5.74) is 0.526. The Morgan fingerprint density at radius 2 is 1.77 bits per heavy atom. The minimum atomic E-state index is -3.40. The molecule has 13 heavy (non-hydrogen) atoms. The van der Waals surface area contributed by atoms with Gasteiger partial charge < -0.3 is 0 Å². The molecule has 72 valence electrons. The van der Waals surface area contributed by atoms with Gasteiger partial charge in [0.15, 0.2) is 0 Å². The van der Waals surface area contributed by atoms with Crippen LogP contribution in [-0.4, -0.2) is 15.5 Å². The highest BCUT2D eigenvalue weighted by Gasteiger charge is 2.04. The standard InChI is InChI=1S/C7H9BrN2O2S/c1-9-13(11,12)10-7-4-2-6(8)3-5-7/h2-5,9-10H,1H3. The molecule has 0 aliphatic rings. The minimum Gasteiger partial charge on any atom is -0.271 e. The van der Waals surface area contributed by atoms with E-state index >= 15 is 0 Å². The predicted molar refractivity (Wildman–Crippen MR) is 55.7 cm³/mol. The monoisotopic (exact) mass is 264 g/mol. The van der Waals surface area contributed by atoms with Crippen molar-refractivity contribution in [1.82, 2.24) is 4.72 Å². The molecule has 2 N–H and O–H groups in total. The molecule has 0 aromatic heterocycles. The number of rotatable bonds is 3. The normalized spacial score (nSPS) is 11.2. The fourth-order valence-corrected chi connectivity index (χ4v) is 1.54. The molecule has 1 aromatic rings. The fraction of sp³-hybridized carbons (Fsp3) is 0.143. The van der Waals surface area contributed by atoms with Crippen molar-refractivity contribution >= 4 is 31.8 Å². The number of hydrogen-bond acceptors (Lipinski definition) is 2. The molecule has 1 aromatic carbocycles. The molecule has 0 saturated carbocycles.